The molecule has 148 valence electrons. The van der Waals surface area contributed by atoms with Gasteiger partial charge in [0.1, 0.15) is 0 Å². The Morgan fingerprint density at radius 2 is 1.81 bits per heavy atom. The fourth-order valence-electron chi connectivity index (χ4n) is 2.69. The van der Waals surface area contributed by atoms with E-state index in [1.807, 2.05) is 24.4 Å². The first-order chi connectivity index (χ1) is 12.7. The lowest BCUT2D eigenvalue weighted by atomic mass is 10.1. The first-order valence-electron chi connectivity index (χ1n) is 9.31. The Bertz CT molecular complexity index is 646. The van der Waals surface area contributed by atoms with Crippen LogP contribution >= 0.6 is 24.0 Å². The average molecular weight is 481 g/mol. The van der Waals surface area contributed by atoms with Crippen LogP contribution in [-0.2, 0) is 12.8 Å². The standard InChI is InChI=1S/C21H31N5.HI/c1-4-22-21(24-15-13-19-12-8-9-14-23-19)25-17-20(26(2)3)16-18-10-6-5-7-11-18;/h5-12,14,20H,4,13,15-17H2,1-3H3,(H2,22,24,25);1H. The molecule has 0 radical (unpaired) electrons. The molecule has 0 spiro atoms. The molecular formula is C21H32IN5. The molecule has 0 aliphatic heterocycles. The molecule has 0 bridgehead atoms. The highest BCUT2D eigenvalue weighted by Crippen LogP contribution is 2.07. The summed E-state index contributed by atoms with van der Waals surface area (Å²) in [5, 5.41) is 6.73. The Balaban J connectivity index is 0.00000364. The zero-order chi connectivity index (χ0) is 18.6. The van der Waals surface area contributed by atoms with Crippen molar-refractivity contribution in [2.75, 3.05) is 33.7 Å². The van der Waals surface area contributed by atoms with E-state index >= 15 is 0 Å². The predicted octanol–water partition coefficient (Wildman–Crippen LogP) is 2.97. The van der Waals surface area contributed by atoms with Gasteiger partial charge in [-0.05, 0) is 45.1 Å². The maximum Gasteiger partial charge on any atom is 0.191 e. The number of hydrogen-bond donors (Lipinski definition) is 2. The quantitative estimate of drug-likeness (QED) is 0.329. The van der Waals surface area contributed by atoms with Crippen molar-refractivity contribution in [3.8, 4) is 0 Å². The smallest absolute Gasteiger partial charge is 0.191 e. The van der Waals surface area contributed by atoms with Gasteiger partial charge in [-0.25, -0.2) is 0 Å². The van der Waals surface area contributed by atoms with Gasteiger partial charge in [0.15, 0.2) is 5.96 Å². The Hall–Kier alpha value is -1.67. The van der Waals surface area contributed by atoms with Crippen LogP contribution in [0.3, 0.4) is 0 Å². The molecule has 2 aromatic rings. The van der Waals surface area contributed by atoms with E-state index < -0.39 is 0 Å². The largest absolute Gasteiger partial charge is 0.357 e. The normalized spacial score (nSPS) is 12.4. The molecule has 1 aromatic carbocycles. The molecule has 1 atom stereocenters. The SMILES string of the molecule is CCNC(=NCC(Cc1ccccc1)N(C)C)NCCc1ccccn1.I. The average Bonchev–Trinajstić information content (AvgIpc) is 2.66. The molecule has 5 nitrogen and oxygen atoms in total. The Morgan fingerprint density at radius 1 is 1.07 bits per heavy atom. The number of benzene rings is 1. The van der Waals surface area contributed by atoms with Gasteiger partial charge in [0.05, 0.1) is 6.54 Å². The summed E-state index contributed by atoms with van der Waals surface area (Å²) in [6.45, 7) is 4.50. The van der Waals surface area contributed by atoms with Crippen molar-refractivity contribution in [1.29, 1.82) is 0 Å². The third kappa shape index (κ3) is 9.19. The van der Waals surface area contributed by atoms with Gasteiger partial charge in [-0.2, -0.15) is 0 Å². The van der Waals surface area contributed by atoms with Gasteiger partial charge in [-0.15, -0.1) is 24.0 Å². The van der Waals surface area contributed by atoms with Crippen LogP contribution in [0.1, 0.15) is 18.2 Å². The third-order valence-corrected chi connectivity index (χ3v) is 4.25. The predicted molar refractivity (Wildman–Crippen MR) is 125 cm³/mol. The summed E-state index contributed by atoms with van der Waals surface area (Å²) < 4.78 is 0. The van der Waals surface area contributed by atoms with Crippen molar-refractivity contribution in [2.24, 2.45) is 4.99 Å². The zero-order valence-electron chi connectivity index (χ0n) is 16.6. The zero-order valence-corrected chi connectivity index (χ0v) is 18.9. The van der Waals surface area contributed by atoms with Crippen molar-refractivity contribution in [2.45, 2.75) is 25.8 Å². The molecular weight excluding hydrogens is 449 g/mol. The van der Waals surface area contributed by atoms with E-state index in [2.05, 4.69) is 71.9 Å². The molecule has 1 aromatic heterocycles. The van der Waals surface area contributed by atoms with Gasteiger partial charge >= 0.3 is 0 Å². The van der Waals surface area contributed by atoms with Crippen LogP contribution in [-0.4, -0.2) is 55.6 Å². The van der Waals surface area contributed by atoms with E-state index in [-0.39, 0.29) is 24.0 Å². The summed E-state index contributed by atoms with van der Waals surface area (Å²) in [5.41, 5.74) is 2.43. The van der Waals surface area contributed by atoms with Crippen LogP contribution in [0.2, 0.25) is 0 Å². The molecule has 0 amide bonds. The Labute approximate surface area is 180 Å². The molecule has 2 rings (SSSR count). The first-order valence-corrected chi connectivity index (χ1v) is 9.31. The number of rotatable bonds is 9. The summed E-state index contributed by atoms with van der Waals surface area (Å²) in [6.07, 6.45) is 3.71. The van der Waals surface area contributed by atoms with Crippen molar-refractivity contribution in [3.05, 3.63) is 66.0 Å². The van der Waals surface area contributed by atoms with Crippen LogP contribution < -0.4 is 10.6 Å². The van der Waals surface area contributed by atoms with E-state index in [4.69, 9.17) is 4.99 Å². The van der Waals surface area contributed by atoms with E-state index in [0.717, 1.165) is 44.1 Å². The van der Waals surface area contributed by atoms with Crippen molar-refractivity contribution < 1.29 is 0 Å². The summed E-state index contributed by atoms with van der Waals surface area (Å²) in [4.78, 5) is 11.4. The highest BCUT2D eigenvalue weighted by Gasteiger charge is 2.12. The molecule has 6 heteroatoms. The van der Waals surface area contributed by atoms with E-state index in [1.54, 1.807) is 0 Å². The molecule has 2 N–H and O–H groups in total. The van der Waals surface area contributed by atoms with Crippen LogP contribution in [0, 0.1) is 0 Å². The molecule has 1 heterocycles. The number of aromatic nitrogens is 1. The molecule has 0 aliphatic rings. The number of pyridine rings is 1. The number of nitrogens with one attached hydrogen (secondary N) is 2. The lowest BCUT2D eigenvalue weighted by molar-refractivity contribution is 0.298. The first kappa shape index (κ1) is 23.4. The van der Waals surface area contributed by atoms with Crippen LogP contribution in [0.25, 0.3) is 0 Å². The van der Waals surface area contributed by atoms with Crippen LogP contribution in [0.15, 0.2) is 59.7 Å². The second-order valence-electron chi connectivity index (χ2n) is 6.52. The van der Waals surface area contributed by atoms with Gasteiger partial charge in [-0.3, -0.25) is 9.98 Å². The minimum absolute atomic E-state index is 0. The number of hydrogen-bond acceptors (Lipinski definition) is 3. The van der Waals surface area contributed by atoms with E-state index in [1.165, 1.54) is 5.56 Å². The van der Waals surface area contributed by atoms with Crippen LogP contribution in [0.4, 0.5) is 0 Å². The van der Waals surface area contributed by atoms with Crippen molar-refractivity contribution in [1.82, 2.24) is 20.5 Å². The number of aliphatic imine (C=N–C) groups is 1. The number of likely N-dealkylation sites (N-methyl/N-ethyl adjacent to an activating group) is 1. The topological polar surface area (TPSA) is 52.6 Å². The van der Waals surface area contributed by atoms with Crippen molar-refractivity contribution >= 4 is 29.9 Å². The lowest BCUT2D eigenvalue weighted by Crippen LogP contribution is -2.40. The molecule has 27 heavy (non-hydrogen) atoms. The minimum atomic E-state index is 0. The second kappa shape index (κ2) is 13.5. The highest BCUT2D eigenvalue weighted by atomic mass is 127. The molecule has 0 fully saturated rings. The molecule has 0 saturated heterocycles. The second-order valence-corrected chi connectivity index (χ2v) is 6.52. The summed E-state index contributed by atoms with van der Waals surface area (Å²) in [7, 11) is 4.23. The van der Waals surface area contributed by atoms with Crippen LogP contribution in [0.5, 0.6) is 0 Å². The van der Waals surface area contributed by atoms with Gasteiger partial charge in [0.25, 0.3) is 0 Å². The third-order valence-electron chi connectivity index (χ3n) is 4.25. The number of halogens is 1. The fraction of sp³-hybridized carbons (Fsp3) is 0.429. The Kier molecular flexibility index (Phi) is 11.7. The Morgan fingerprint density at radius 3 is 2.44 bits per heavy atom. The summed E-state index contributed by atoms with van der Waals surface area (Å²) in [6, 6.07) is 17.0. The van der Waals surface area contributed by atoms with E-state index in [0.29, 0.717) is 6.04 Å². The van der Waals surface area contributed by atoms with Gasteiger partial charge in [0.2, 0.25) is 0 Å². The maximum atomic E-state index is 4.79. The lowest BCUT2D eigenvalue weighted by Gasteiger charge is -2.23. The minimum Gasteiger partial charge on any atom is -0.357 e. The number of guanidine groups is 1. The van der Waals surface area contributed by atoms with Crippen molar-refractivity contribution in [3.63, 3.8) is 0 Å². The summed E-state index contributed by atoms with van der Waals surface area (Å²) in [5.74, 6) is 0.864. The van der Waals surface area contributed by atoms with Gasteiger partial charge < -0.3 is 15.5 Å². The highest BCUT2D eigenvalue weighted by molar-refractivity contribution is 14.0. The fourth-order valence-corrected chi connectivity index (χ4v) is 2.69. The molecule has 0 saturated carbocycles. The summed E-state index contributed by atoms with van der Waals surface area (Å²) >= 11 is 0. The molecule has 1 unspecified atom stereocenters. The number of nitrogens with zero attached hydrogens (tertiary/aromatic N) is 3. The maximum absolute atomic E-state index is 4.79. The van der Waals surface area contributed by atoms with E-state index in [9.17, 15) is 0 Å². The van der Waals surface area contributed by atoms with Gasteiger partial charge in [0, 0.05) is 37.4 Å². The monoisotopic (exact) mass is 481 g/mol. The molecule has 0 aliphatic carbocycles. The van der Waals surface area contributed by atoms with Gasteiger partial charge in [-0.1, -0.05) is 36.4 Å².